The Kier molecular flexibility index (Phi) is 5.90. The highest BCUT2D eigenvalue weighted by molar-refractivity contribution is 9.10. The maximum absolute atomic E-state index is 12.5. The molecule has 9 heteroatoms. The molecule has 144 valence electrons. The highest BCUT2D eigenvalue weighted by Crippen LogP contribution is 2.37. The monoisotopic (exact) mass is 443 g/mol. The quantitative estimate of drug-likeness (QED) is 0.425. The molecule has 8 nitrogen and oxygen atoms in total. The van der Waals surface area contributed by atoms with Gasteiger partial charge in [-0.1, -0.05) is 0 Å². The number of nitrogens with zero attached hydrogens (tertiary/aromatic N) is 5. The first-order valence-corrected chi connectivity index (χ1v) is 9.46. The van der Waals surface area contributed by atoms with E-state index in [9.17, 15) is 4.79 Å². The first-order chi connectivity index (χ1) is 13.4. The molecule has 0 atom stereocenters. The third-order valence-corrected chi connectivity index (χ3v) is 4.81. The smallest absolute Gasteiger partial charge is 0.311 e. The average molecular weight is 444 g/mol. The van der Waals surface area contributed by atoms with Gasteiger partial charge in [-0.3, -0.25) is 4.79 Å². The van der Waals surface area contributed by atoms with Gasteiger partial charge in [0.05, 0.1) is 29.1 Å². The van der Waals surface area contributed by atoms with E-state index in [-0.39, 0.29) is 12.2 Å². The maximum Gasteiger partial charge on any atom is 0.311 e. The van der Waals surface area contributed by atoms with Crippen molar-refractivity contribution in [1.82, 2.24) is 19.6 Å². The van der Waals surface area contributed by atoms with Crippen LogP contribution in [-0.2, 0) is 11.2 Å². The van der Waals surface area contributed by atoms with Gasteiger partial charge in [0.25, 0.3) is 5.78 Å². The van der Waals surface area contributed by atoms with Crippen molar-refractivity contribution < 1.29 is 14.3 Å². The standard InChI is InChI=1S/C19H18BrN5O3/c1-4-27-16-8-13(9-21)7-15(20)18(16)28-17(26)6-5-14-11(2)24-19-22-10-23-25(19)12(14)3/h7-8,10H,4-6H2,1-3H3. The van der Waals surface area contributed by atoms with Crippen LogP contribution in [0.1, 0.15) is 35.9 Å². The lowest BCUT2D eigenvalue weighted by molar-refractivity contribution is -0.134. The summed E-state index contributed by atoms with van der Waals surface area (Å²) in [4.78, 5) is 21.0. The van der Waals surface area contributed by atoms with Crippen LogP contribution in [0, 0.1) is 25.2 Å². The second-order valence-corrected chi connectivity index (χ2v) is 6.89. The van der Waals surface area contributed by atoms with Gasteiger partial charge < -0.3 is 9.47 Å². The third kappa shape index (κ3) is 3.97. The second-order valence-electron chi connectivity index (χ2n) is 6.04. The normalized spacial score (nSPS) is 10.7. The van der Waals surface area contributed by atoms with Crippen molar-refractivity contribution in [1.29, 1.82) is 5.26 Å². The Morgan fingerprint density at radius 2 is 2.14 bits per heavy atom. The molecule has 2 aromatic heterocycles. The molecule has 0 aliphatic heterocycles. The number of benzene rings is 1. The van der Waals surface area contributed by atoms with Crippen LogP contribution < -0.4 is 9.47 Å². The summed E-state index contributed by atoms with van der Waals surface area (Å²) in [7, 11) is 0. The van der Waals surface area contributed by atoms with Crippen LogP contribution in [-0.4, -0.2) is 32.2 Å². The molecule has 0 unspecified atom stereocenters. The number of rotatable bonds is 6. The van der Waals surface area contributed by atoms with Crippen molar-refractivity contribution in [3.8, 4) is 17.6 Å². The lowest BCUT2D eigenvalue weighted by Crippen LogP contribution is -2.13. The van der Waals surface area contributed by atoms with E-state index in [0.29, 0.717) is 34.6 Å². The van der Waals surface area contributed by atoms with E-state index in [1.54, 1.807) is 16.6 Å². The molecular weight excluding hydrogens is 426 g/mol. The zero-order valence-corrected chi connectivity index (χ0v) is 17.3. The molecule has 1 aromatic carbocycles. The molecule has 3 rings (SSSR count). The van der Waals surface area contributed by atoms with Crippen molar-refractivity contribution >= 4 is 27.7 Å². The van der Waals surface area contributed by atoms with E-state index >= 15 is 0 Å². The van der Waals surface area contributed by atoms with Gasteiger partial charge in [-0.2, -0.15) is 15.3 Å². The van der Waals surface area contributed by atoms with Crippen LogP contribution in [0.4, 0.5) is 0 Å². The Hall–Kier alpha value is -2.99. The molecule has 0 fully saturated rings. The van der Waals surface area contributed by atoms with Crippen LogP contribution in [0.2, 0.25) is 0 Å². The van der Waals surface area contributed by atoms with Gasteiger partial charge in [-0.25, -0.2) is 9.50 Å². The van der Waals surface area contributed by atoms with Gasteiger partial charge in [-0.05, 0) is 54.8 Å². The fourth-order valence-corrected chi connectivity index (χ4v) is 3.43. The summed E-state index contributed by atoms with van der Waals surface area (Å²) in [5.41, 5.74) is 3.04. The summed E-state index contributed by atoms with van der Waals surface area (Å²) in [6.45, 7) is 6.00. The highest BCUT2D eigenvalue weighted by Gasteiger charge is 2.18. The molecule has 0 saturated heterocycles. The predicted molar refractivity (Wildman–Crippen MR) is 104 cm³/mol. The first kappa shape index (κ1) is 19.8. The van der Waals surface area contributed by atoms with E-state index in [0.717, 1.165) is 17.0 Å². The van der Waals surface area contributed by atoms with Crippen LogP contribution in [0.15, 0.2) is 22.9 Å². The van der Waals surface area contributed by atoms with Gasteiger partial charge in [0.1, 0.15) is 6.33 Å². The number of ether oxygens (including phenoxy) is 2. The zero-order valence-electron chi connectivity index (χ0n) is 15.7. The van der Waals surface area contributed by atoms with E-state index in [4.69, 9.17) is 14.7 Å². The van der Waals surface area contributed by atoms with Crippen molar-refractivity contribution in [2.45, 2.75) is 33.6 Å². The van der Waals surface area contributed by atoms with Gasteiger partial charge >= 0.3 is 5.97 Å². The molecule has 0 bridgehead atoms. The molecule has 0 aliphatic rings. The molecule has 0 saturated carbocycles. The number of hydrogen-bond donors (Lipinski definition) is 0. The summed E-state index contributed by atoms with van der Waals surface area (Å²) in [5.74, 6) is 0.733. The van der Waals surface area contributed by atoms with Crippen molar-refractivity contribution in [2.24, 2.45) is 0 Å². The van der Waals surface area contributed by atoms with E-state index in [2.05, 4.69) is 31.0 Å². The minimum absolute atomic E-state index is 0.154. The average Bonchev–Trinajstić information content (AvgIpc) is 3.12. The predicted octanol–water partition coefficient (Wildman–Crippen LogP) is 3.31. The molecule has 3 aromatic rings. The number of nitriles is 1. The van der Waals surface area contributed by atoms with Crippen molar-refractivity contribution in [3.05, 3.63) is 45.4 Å². The fourth-order valence-electron chi connectivity index (χ4n) is 2.90. The number of fused-ring (bicyclic) bond motifs is 1. The Morgan fingerprint density at radius 3 is 2.86 bits per heavy atom. The summed E-state index contributed by atoms with van der Waals surface area (Å²) < 4.78 is 13.2. The number of halogens is 1. The Morgan fingerprint density at radius 1 is 1.36 bits per heavy atom. The number of aromatic nitrogens is 4. The van der Waals surface area contributed by atoms with Crippen molar-refractivity contribution in [3.63, 3.8) is 0 Å². The van der Waals surface area contributed by atoms with Gasteiger partial charge in [0.2, 0.25) is 0 Å². The van der Waals surface area contributed by atoms with Crippen LogP contribution in [0.5, 0.6) is 11.5 Å². The van der Waals surface area contributed by atoms with E-state index in [1.165, 1.54) is 6.33 Å². The molecule has 0 N–H and O–H groups in total. The molecule has 0 radical (unpaired) electrons. The van der Waals surface area contributed by atoms with Gasteiger partial charge in [-0.15, -0.1) is 0 Å². The molecule has 2 heterocycles. The van der Waals surface area contributed by atoms with Crippen LogP contribution in [0.3, 0.4) is 0 Å². The van der Waals surface area contributed by atoms with Crippen LogP contribution >= 0.6 is 15.9 Å². The second kappa shape index (κ2) is 8.35. The van der Waals surface area contributed by atoms with Gasteiger partial charge in [0, 0.05) is 17.5 Å². The molecule has 28 heavy (non-hydrogen) atoms. The number of esters is 1. The lowest BCUT2D eigenvalue weighted by atomic mass is 10.1. The minimum Gasteiger partial charge on any atom is -0.490 e. The summed E-state index contributed by atoms with van der Waals surface area (Å²) in [6.07, 6.45) is 2.06. The number of aryl methyl sites for hydroxylation is 2. The van der Waals surface area contributed by atoms with Crippen molar-refractivity contribution in [2.75, 3.05) is 6.61 Å². The third-order valence-electron chi connectivity index (χ3n) is 4.22. The van der Waals surface area contributed by atoms with E-state index in [1.807, 2.05) is 26.8 Å². The molecule has 0 amide bonds. The molecular formula is C19H18BrN5O3. The summed E-state index contributed by atoms with van der Waals surface area (Å²) in [6, 6.07) is 5.18. The number of carbonyl (C=O) groups is 1. The minimum atomic E-state index is -0.413. The summed E-state index contributed by atoms with van der Waals surface area (Å²) in [5, 5.41) is 13.3. The number of hydrogen-bond acceptors (Lipinski definition) is 7. The highest BCUT2D eigenvalue weighted by atomic mass is 79.9. The maximum atomic E-state index is 12.5. The Bertz CT molecular complexity index is 1090. The largest absolute Gasteiger partial charge is 0.490 e. The zero-order chi connectivity index (χ0) is 20.3. The molecule has 0 aliphatic carbocycles. The number of carbonyl (C=O) groups excluding carboxylic acids is 1. The fraction of sp³-hybridized carbons (Fsp3) is 0.316. The Balaban J connectivity index is 1.78. The lowest BCUT2D eigenvalue weighted by Gasteiger charge is -2.13. The molecule has 0 spiro atoms. The SMILES string of the molecule is CCOc1cc(C#N)cc(Br)c1OC(=O)CCc1c(C)nc2ncnn2c1C. The Labute approximate surface area is 170 Å². The van der Waals surface area contributed by atoms with Gasteiger partial charge in [0.15, 0.2) is 11.5 Å². The first-order valence-electron chi connectivity index (χ1n) is 8.67. The topological polar surface area (TPSA) is 102 Å². The summed E-state index contributed by atoms with van der Waals surface area (Å²) >= 11 is 3.34. The van der Waals surface area contributed by atoms with Crippen LogP contribution in [0.25, 0.3) is 5.78 Å². The van der Waals surface area contributed by atoms with E-state index < -0.39 is 5.97 Å².